The number of nitrogens with zero attached hydrogens (tertiary/aromatic N) is 1. The summed E-state index contributed by atoms with van der Waals surface area (Å²) >= 11 is 1.72. The third kappa shape index (κ3) is 2.53. The zero-order chi connectivity index (χ0) is 13.2. The molecule has 0 N–H and O–H groups in total. The van der Waals surface area contributed by atoms with E-state index < -0.39 is 0 Å². The van der Waals surface area contributed by atoms with E-state index >= 15 is 0 Å². The molecule has 0 unspecified atom stereocenters. The summed E-state index contributed by atoms with van der Waals surface area (Å²) in [6, 6.07) is 14.2. The van der Waals surface area contributed by atoms with Crippen LogP contribution in [0.2, 0.25) is 6.82 Å². The quantitative estimate of drug-likeness (QED) is 0.606. The van der Waals surface area contributed by atoms with Crippen LogP contribution < -0.4 is 5.46 Å². The maximum Gasteiger partial charge on any atom is 0.324 e. The summed E-state index contributed by atoms with van der Waals surface area (Å²) in [5.74, 6) is 0. The van der Waals surface area contributed by atoms with Gasteiger partial charge in [0.05, 0.1) is 13.2 Å². The van der Waals surface area contributed by atoms with Crippen LogP contribution in [0.15, 0.2) is 52.3 Å². The molecule has 0 saturated carbocycles. The molecule has 1 aliphatic rings. The number of hydrogen-bond acceptors (Lipinski definition) is 2. The summed E-state index contributed by atoms with van der Waals surface area (Å²) in [7, 11) is 0. The average molecular weight is 265 g/mol. The van der Waals surface area contributed by atoms with Crippen molar-refractivity contribution in [3.8, 4) is 0 Å². The lowest BCUT2D eigenvalue weighted by Crippen LogP contribution is -2.24. The van der Waals surface area contributed by atoms with Crippen LogP contribution in [0.5, 0.6) is 0 Å². The Morgan fingerprint density at radius 3 is 2.63 bits per heavy atom. The molecule has 4 heteroatoms. The van der Waals surface area contributed by atoms with Crippen molar-refractivity contribution < 1.29 is 4.65 Å². The van der Waals surface area contributed by atoms with Crippen molar-refractivity contribution in [1.29, 1.82) is 0 Å². The van der Waals surface area contributed by atoms with Gasteiger partial charge in [-0.25, -0.2) is 4.85 Å². The highest BCUT2D eigenvalue weighted by Crippen LogP contribution is 2.29. The highest BCUT2D eigenvalue weighted by Gasteiger charge is 2.23. The van der Waals surface area contributed by atoms with Gasteiger partial charge >= 0.3 is 6.92 Å². The molecule has 0 aromatic heterocycles. The largest absolute Gasteiger partial charge is 0.427 e. The van der Waals surface area contributed by atoms with Gasteiger partial charge in [-0.1, -0.05) is 55.0 Å². The van der Waals surface area contributed by atoms with Crippen LogP contribution in [0.25, 0.3) is 4.85 Å². The van der Waals surface area contributed by atoms with Crippen LogP contribution in [0.3, 0.4) is 0 Å². The van der Waals surface area contributed by atoms with Gasteiger partial charge in [0.1, 0.15) is 0 Å². The second-order valence-electron chi connectivity index (χ2n) is 4.52. The Labute approximate surface area is 117 Å². The number of hydrogen-bond donors (Lipinski definition) is 0. The van der Waals surface area contributed by atoms with E-state index in [2.05, 4.69) is 29.9 Å². The van der Waals surface area contributed by atoms with Gasteiger partial charge in [-0.05, 0) is 17.1 Å². The monoisotopic (exact) mass is 265 g/mol. The molecule has 3 rings (SSSR count). The van der Waals surface area contributed by atoms with Crippen molar-refractivity contribution in [3.05, 3.63) is 59.4 Å². The third-order valence-corrected chi connectivity index (χ3v) is 4.24. The first-order valence-corrected chi connectivity index (χ1v) is 6.98. The van der Waals surface area contributed by atoms with Gasteiger partial charge in [-0.3, -0.25) is 0 Å². The van der Waals surface area contributed by atoms with Gasteiger partial charge in [0.15, 0.2) is 5.69 Å². The van der Waals surface area contributed by atoms with Crippen molar-refractivity contribution in [3.63, 3.8) is 0 Å². The maximum atomic E-state index is 6.95. The molecule has 19 heavy (non-hydrogen) atoms. The zero-order valence-electron chi connectivity index (χ0n) is 10.6. The Kier molecular flexibility index (Phi) is 3.33. The minimum atomic E-state index is 0.194. The number of rotatable bonds is 2. The van der Waals surface area contributed by atoms with Crippen molar-refractivity contribution >= 4 is 29.8 Å². The molecule has 0 atom stereocenters. The zero-order valence-corrected chi connectivity index (χ0v) is 11.4. The minimum absolute atomic E-state index is 0.194. The Morgan fingerprint density at radius 1 is 1.16 bits per heavy atom. The first kappa shape index (κ1) is 12.3. The average Bonchev–Trinajstić information content (AvgIpc) is 2.81. The highest BCUT2D eigenvalue weighted by atomic mass is 32.2. The molecular weight excluding hydrogens is 253 g/mol. The summed E-state index contributed by atoms with van der Waals surface area (Å²) in [5, 5.41) is 0. The predicted octanol–water partition coefficient (Wildman–Crippen LogP) is 3.75. The molecular formula is C15H12BNOS. The molecule has 0 saturated heterocycles. The molecule has 0 aliphatic carbocycles. The molecule has 2 aromatic rings. The van der Waals surface area contributed by atoms with Gasteiger partial charge in [-0.15, -0.1) is 0 Å². The molecule has 0 bridgehead atoms. The molecule has 2 aromatic carbocycles. The van der Waals surface area contributed by atoms with E-state index in [1.165, 1.54) is 15.9 Å². The Bertz CT molecular complexity index is 648. The predicted molar refractivity (Wildman–Crippen MR) is 79.3 cm³/mol. The summed E-state index contributed by atoms with van der Waals surface area (Å²) in [6.07, 6.45) is 0. The van der Waals surface area contributed by atoms with Gasteiger partial charge in [0.25, 0.3) is 0 Å². The summed E-state index contributed by atoms with van der Waals surface area (Å²) in [6.45, 7) is 9.95. The van der Waals surface area contributed by atoms with E-state index in [1.807, 2.05) is 24.3 Å². The highest BCUT2D eigenvalue weighted by molar-refractivity contribution is 7.99. The molecule has 0 radical (unpaired) electrons. The fraction of sp³-hybridized carbons (Fsp3) is 0.133. The van der Waals surface area contributed by atoms with E-state index in [0.717, 1.165) is 11.5 Å². The van der Waals surface area contributed by atoms with Gasteiger partial charge < -0.3 is 4.65 Å². The van der Waals surface area contributed by atoms with Gasteiger partial charge in [-0.2, -0.15) is 0 Å². The maximum absolute atomic E-state index is 6.95. The van der Waals surface area contributed by atoms with Crippen LogP contribution >= 0.6 is 11.8 Å². The lowest BCUT2D eigenvalue weighted by atomic mass is 9.64. The second-order valence-corrected chi connectivity index (χ2v) is 5.67. The standard InChI is InChI=1S/C15H12BNOS/c1-16-15-9-14(6-3-11(15)10-18-16)19-13-7-4-12(17-2)5-8-13/h3-9H,10H2,1H3. The van der Waals surface area contributed by atoms with Gasteiger partial charge in [0, 0.05) is 9.79 Å². The normalized spacial score (nSPS) is 13.2. The first-order valence-electron chi connectivity index (χ1n) is 6.16. The topological polar surface area (TPSA) is 13.6 Å². The van der Waals surface area contributed by atoms with Crippen LogP contribution in [-0.4, -0.2) is 6.92 Å². The minimum Gasteiger partial charge on any atom is -0.427 e. The molecule has 1 heterocycles. The van der Waals surface area contributed by atoms with Crippen LogP contribution in [-0.2, 0) is 11.3 Å². The molecule has 92 valence electrons. The van der Waals surface area contributed by atoms with E-state index in [9.17, 15) is 0 Å². The fourth-order valence-corrected chi connectivity index (χ4v) is 3.04. The van der Waals surface area contributed by atoms with Crippen LogP contribution in [0, 0.1) is 6.57 Å². The van der Waals surface area contributed by atoms with E-state index in [4.69, 9.17) is 11.2 Å². The van der Waals surface area contributed by atoms with Crippen molar-refractivity contribution in [2.75, 3.05) is 0 Å². The number of fused-ring (bicyclic) bond motifs is 1. The van der Waals surface area contributed by atoms with Crippen LogP contribution in [0.4, 0.5) is 5.69 Å². The van der Waals surface area contributed by atoms with E-state index in [0.29, 0.717) is 5.69 Å². The van der Waals surface area contributed by atoms with Gasteiger partial charge in [0.2, 0.25) is 0 Å². The Hall–Kier alpha value is -1.70. The number of benzene rings is 2. The molecule has 1 aliphatic heterocycles. The lowest BCUT2D eigenvalue weighted by molar-refractivity contribution is 0.333. The van der Waals surface area contributed by atoms with Crippen molar-refractivity contribution in [1.82, 2.24) is 0 Å². The fourth-order valence-electron chi connectivity index (χ4n) is 2.18. The smallest absolute Gasteiger partial charge is 0.324 e. The Morgan fingerprint density at radius 2 is 1.89 bits per heavy atom. The molecule has 0 amide bonds. The van der Waals surface area contributed by atoms with E-state index in [1.54, 1.807) is 11.8 Å². The van der Waals surface area contributed by atoms with Crippen molar-refractivity contribution in [2.24, 2.45) is 0 Å². The van der Waals surface area contributed by atoms with E-state index in [-0.39, 0.29) is 6.92 Å². The third-order valence-electron chi connectivity index (χ3n) is 3.25. The molecule has 2 nitrogen and oxygen atoms in total. The molecule has 0 fully saturated rings. The summed E-state index contributed by atoms with van der Waals surface area (Å²) in [5.41, 5.74) is 3.27. The summed E-state index contributed by atoms with van der Waals surface area (Å²) in [4.78, 5) is 5.77. The van der Waals surface area contributed by atoms with Crippen molar-refractivity contribution in [2.45, 2.75) is 23.2 Å². The van der Waals surface area contributed by atoms with Crippen LogP contribution in [0.1, 0.15) is 5.56 Å². The SMILES string of the molecule is [C-]#[N+]c1ccc(Sc2ccc3c(c2)B(C)OC3)cc1. The molecule has 0 spiro atoms. The first-order chi connectivity index (χ1) is 9.26. The lowest BCUT2D eigenvalue weighted by Gasteiger charge is -2.05. The summed E-state index contributed by atoms with van der Waals surface area (Å²) < 4.78 is 5.62. The second kappa shape index (κ2) is 5.12. The Balaban J connectivity index is 1.83.